The lowest BCUT2D eigenvalue weighted by Gasteiger charge is -2.34. The van der Waals surface area contributed by atoms with Crippen LogP contribution in [0.25, 0.3) is 0 Å². The third-order valence-electron chi connectivity index (χ3n) is 3.53. The summed E-state index contributed by atoms with van der Waals surface area (Å²) < 4.78 is 40.3. The Hall–Kier alpha value is -0.780. The Bertz CT molecular complexity index is 408. The van der Waals surface area contributed by atoms with Crippen LogP contribution in [-0.2, 0) is 9.53 Å². The van der Waals surface area contributed by atoms with Crippen LogP contribution < -0.4 is 11.1 Å². The fourth-order valence-electron chi connectivity index (χ4n) is 2.60. The first-order chi connectivity index (χ1) is 10.8. The highest BCUT2D eigenvalue weighted by molar-refractivity contribution is 14.0. The second-order valence-corrected chi connectivity index (χ2v) is 5.62. The summed E-state index contributed by atoms with van der Waals surface area (Å²) in [5.41, 5.74) is 5.24. The van der Waals surface area contributed by atoms with Crippen molar-refractivity contribution in [2.75, 3.05) is 39.9 Å². The normalized spacial score (nSPS) is 18.9. The first kappa shape index (κ1) is 23.2. The Balaban J connectivity index is 0.00000529. The predicted molar refractivity (Wildman–Crippen MR) is 96.4 cm³/mol. The van der Waals surface area contributed by atoms with Gasteiger partial charge in [0.1, 0.15) is 6.61 Å². The van der Waals surface area contributed by atoms with Crippen molar-refractivity contribution in [1.29, 1.82) is 0 Å². The summed E-state index contributed by atoms with van der Waals surface area (Å²) in [6.45, 7) is 0.824. The summed E-state index contributed by atoms with van der Waals surface area (Å²) in [5, 5.41) is 3.11. The molecular weight excluding hydrogens is 440 g/mol. The summed E-state index contributed by atoms with van der Waals surface area (Å²) >= 11 is 0. The van der Waals surface area contributed by atoms with Crippen LogP contribution in [0.5, 0.6) is 0 Å². The number of nitrogens with one attached hydrogen (secondary N) is 1. The number of primary amides is 1. The molecule has 142 valence electrons. The minimum absolute atomic E-state index is 0. The summed E-state index contributed by atoms with van der Waals surface area (Å²) in [6.07, 6.45) is -1.56. The van der Waals surface area contributed by atoms with E-state index in [0.717, 1.165) is 19.4 Å². The molecule has 6 nitrogen and oxygen atoms in total. The Kier molecular flexibility index (Phi) is 11.3. The van der Waals surface area contributed by atoms with Gasteiger partial charge < -0.3 is 20.7 Å². The molecule has 0 aromatic carbocycles. The SMILES string of the molecule is CN=C(NCCCOCC(F)(F)F)N1CCCC(CC(N)=O)C1.I. The molecule has 1 heterocycles. The van der Waals surface area contributed by atoms with E-state index in [1.54, 1.807) is 7.05 Å². The predicted octanol–water partition coefficient (Wildman–Crippen LogP) is 1.74. The van der Waals surface area contributed by atoms with Crippen molar-refractivity contribution in [3.8, 4) is 0 Å². The number of likely N-dealkylation sites (tertiary alicyclic amines) is 1. The van der Waals surface area contributed by atoms with E-state index in [1.807, 2.05) is 4.90 Å². The number of ether oxygens (including phenoxy) is 1. The number of aliphatic imine (C=N–C) groups is 1. The maximum Gasteiger partial charge on any atom is 0.411 e. The van der Waals surface area contributed by atoms with E-state index in [1.165, 1.54) is 0 Å². The van der Waals surface area contributed by atoms with E-state index in [-0.39, 0.29) is 42.4 Å². The van der Waals surface area contributed by atoms with Gasteiger partial charge >= 0.3 is 6.18 Å². The zero-order valence-corrected chi connectivity index (χ0v) is 16.1. The number of hydrogen-bond acceptors (Lipinski definition) is 3. The zero-order valence-electron chi connectivity index (χ0n) is 13.8. The van der Waals surface area contributed by atoms with Crippen molar-refractivity contribution in [2.24, 2.45) is 16.6 Å². The number of nitrogens with zero attached hydrogens (tertiary/aromatic N) is 2. The molecule has 3 N–H and O–H groups in total. The van der Waals surface area contributed by atoms with Crippen LogP contribution in [0.4, 0.5) is 13.2 Å². The van der Waals surface area contributed by atoms with Crippen LogP contribution in [0.3, 0.4) is 0 Å². The number of piperidine rings is 1. The highest BCUT2D eigenvalue weighted by atomic mass is 127. The van der Waals surface area contributed by atoms with Gasteiger partial charge in [0.05, 0.1) is 0 Å². The molecule has 1 saturated heterocycles. The number of guanidine groups is 1. The van der Waals surface area contributed by atoms with E-state index in [2.05, 4.69) is 15.0 Å². The van der Waals surface area contributed by atoms with Gasteiger partial charge in [-0.25, -0.2) is 0 Å². The molecule has 24 heavy (non-hydrogen) atoms. The van der Waals surface area contributed by atoms with E-state index in [4.69, 9.17) is 5.73 Å². The van der Waals surface area contributed by atoms with Crippen LogP contribution in [-0.4, -0.2) is 62.8 Å². The molecule has 1 amide bonds. The highest BCUT2D eigenvalue weighted by Crippen LogP contribution is 2.19. The molecule has 1 rings (SSSR count). The van der Waals surface area contributed by atoms with Gasteiger partial charge in [0.2, 0.25) is 5.91 Å². The van der Waals surface area contributed by atoms with Crippen molar-refractivity contribution < 1.29 is 22.7 Å². The minimum atomic E-state index is -4.29. The monoisotopic (exact) mass is 466 g/mol. The fraction of sp³-hybridized carbons (Fsp3) is 0.857. The lowest BCUT2D eigenvalue weighted by molar-refractivity contribution is -0.173. The molecule has 1 fully saturated rings. The summed E-state index contributed by atoms with van der Waals surface area (Å²) in [5.74, 6) is 0.603. The number of hydrogen-bond donors (Lipinski definition) is 2. The maximum atomic E-state index is 11.9. The molecule has 0 aromatic rings. The van der Waals surface area contributed by atoms with Crippen molar-refractivity contribution in [3.63, 3.8) is 0 Å². The summed E-state index contributed by atoms with van der Waals surface area (Å²) in [4.78, 5) is 17.2. The van der Waals surface area contributed by atoms with E-state index >= 15 is 0 Å². The van der Waals surface area contributed by atoms with Crippen LogP contribution in [0, 0.1) is 5.92 Å². The van der Waals surface area contributed by atoms with E-state index < -0.39 is 12.8 Å². The number of nitrogens with two attached hydrogens (primary N) is 1. The van der Waals surface area contributed by atoms with Gasteiger partial charge in [-0.3, -0.25) is 9.79 Å². The average molecular weight is 466 g/mol. The smallest absolute Gasteiger partial charge is 0.372 e. The topological polar surface area (TPSA) is 80.0 Å². The van der Waals surface area contributed by atoms with Crippen LogP contribution in [0.15, 0.2) is 4.99 Å². The first-order valence-corrected chi connectivity index (χ1v) is 7.70. The van der Waals surface area contributed by atoms with Crippen LogP contribution >= 0.6 is 24.0 Å². The molecule has 0 spiro atoms. The summed E-state index contributed by atoms with van der Waals surface area (Å²) in [6, 6.07) is 0. The average Bonchev–Trinajstić information content (AvgIpc) is 2.45. The molecule has 1 aliphatic rings. The third-order valence-corrected chi connectivity index (χ3v) is 3.53. The Morgan fingerprint density at radius 2 is 2.17 bits per heavy atom. The number of rotatable bonds is 7. The van der Waals surface area contributed by atoms with Gasteiger partial charge in [0, 0.05) is 39.7 Å². The van der Waals surface area contributed by atoms with E-state index in [0.29, 0.717) is 31.9 Å². The number of amides is 1. The molecule has 0 aromatic heterocycles. The quantitative estimate of drug-likeness (QED) is 0.259. The largest absolute Gasteiger partial charge is 0.411 e. The van der Waals surface area contributed by atoms with Gasteiger partial charge in [-0.1, -0.05) is 0 Å². The standard InChI is InChI=1S/C14H25F3N4O2.HI/c1-19-13(20-5-3-7-23-10-14(15,16)17)21-6-2-4-11(9-21)8-12(18)22;/h11H,2-10H2,1H3,(H2,18,22)(H,19,20);1H. The lowest BCUT2D eigenvalue weighted by Crippen LogP contribution is -2.47. The number of carbonyl (C=O) groups excluding carboxylic acids is 1. The van der Waals surface area contributed by atoms with Gasteiger partial charge in [-0.15, -0.1) is 24.0 Å². The van der Waals surface area contributed by atoms with Gasteiger partial charge in [0.25, 0.3) is 0 Å². The number of alkyl halides is 3. The highest BCUT2D eigenvalue weighted by Gasteiger charge is 2.27. The Morgan fingerprint density at radius 1 is 1.46 bits per heavy atom. The Morgan fingerprint density at radius 3 is 2.75 bits per heavy atom. The molecule has 0 bridgehead atoms. The second kappa shape index (κ2) is 11.7. The first-order valence-electron chi connectivity index (χ1n) is 7.70. The van der Waals surface area contributed by atoms with Crippen molar-refractivity contribution >= 4 is 35.8 Å². The molecule has 1 atom stereocenters. The van der Waals surface area contributed by atoms with Gasteiger partial charge in [0.15, 0.2) is 5.96 Å². The number of carbonyl (C=O) groups is 1. The summed E-state index contributed by atoms with van der Waals surface area (Å²) in [7, 11) is 1.65. The molecule has 0 saturated carbocycles. The maximum absolute atomic E-state index is 11.9. The van der Waals surface area contributed by atoms with Crippen LogP contribution in [0.1, 0.15) is 25.7 Å². The van der Waals surface area contributed by atoms with Crippen LogP contribution in [0.2, 0.25) is 0 Å². The van der Waals surface area contributed by atoms with Crippen molar-refractivity contribution in [2.45, 2.75) is 31.9 Å². The third kappa shape index (κ3) is 10.2. The second-order valence-electron chi connectivity index (χ2n) is 5.62. The van der Waals surface area contributed by atoms with Crippen molar-refractivity contribution in [1.82, 2.24) is 10.2 Å². The molecule has 1 aliphatic heterocycles. The number of halogens is 4. The Labute approximate surface area is 157 Å². The fourth-order valence-corrected chi connectivity index (χ4v) is 2.60. The van der Waals surface area contributed by atoms with E-state index in [9.17, 15) is 18.0 Å². The minimum Gasteiger partial charge on any atom is -0.372 e. The van der Waals surface area contributed by atoms with Crippen molar-refractivity contribution in [3.05, 3.63) is 0 Å². The molecule has 0 radical (unpaired) electrons. The molecular formula is C14H26F3IN4O2. The zero-order chi connectivity index (χ0) is 17.3. The lowest BCUT2D eigenvalue weighted by atomic mass is 9.95. The molecule has 10 heteroatoms. The van der Waals surface area contributed by atoms with Gasteiger partial charge in [-0.2, -0.15) is 13.2 Å². The molecule has 0 aliphatic carbocycles. The van der Waals surface area contributed by atoms with Gasteiger partial charge in [-0.05, 0) is 25.2 Å². The molecule has 1 unspecified atom stereocenters.